The van der Waals surface area contributed by atoms with E-state index >= 15 is 0 Å². The van der Waals surface area contributed by atoms with Crippen LogP contribution in [0.4, 0.5) is 0 Å². The summed E-state index contributed by atoms with van der Waals surface area (Å²) in [4.78, 5) is 1.12. The first-order chi connectivity index (χ1) is 12.5. The van der Waals surface area contributed by atoms with Crippen LogP contribution < -0.4 is 4.72 Å². The van der Waals surface area contributed by atoms with Gasteiger partial charge in [-0.2, -0.15) is 0 Å². The summed E-state index contributed by atoms with van der Waals surface area (Å²) in [5.41, 5.74) is 1.01. The highest BCUT2D eigenvalue weighted by atomic mass is 32.2. The third-order valence-corrected chi connectivity index (χ3v) is 8.49. The van der Waals surface area contributed by atoms with Gasteiger partial charge in [0, 0.05) is 41.9 Å². The van der Waals surface area contributed by atoms with Crippen molar-refractivity contribution in [2.75, 3.05) is 6.61 Å². The van der Waals surface area contributed by atoms with Crippen molar-refractivity contribution in [3.63, 3.8) is 0 Å². The Kier molecular flexibility index (Phi) is 7.68. The molecule has 0 fully saturated rings. The molecule has 2 rings (SSSR count). The maximum Gasteiger partial charge on any atom is 0.166 e. The number of rotatable bonds is 9. The highest BCUT2D eigenvalue weighted by molar-refractivity contribution is 7.90. The highest BCUT2D eigenvalue weighted by Gasteiger charge is 2.28. The maximum absolute atomic E-state index is 12.3. The van der Waals surface area contributed by atoms with Crippen molar-refractivity contribution in [3.05, 3.63) is 22.7 Å². The molecule has 0 aliphatic rings. The van der Waals surface area contributed by atoms with E-state index < -0.39 is 19.4 Å². The maximum atomic E-state index is 12.3. The van der Waals surface area contributed by atoms with E-state index in [2.05, 4.69) is 46.0 Å². The smallest absolute Gasteiger partial charge is 0.166 e. The number of nitrogens with zero attached hydrogens (tertiary/aromatic N) is 3. The van der Waals surface area contributed by atoms with Crippen LogP contribution in [-0.4, -0.2) is 38.7 Å². The molecule has 2 heterocycles. The molecule has 152 valence electrons. The average molecular weight is 429 g/mol. The van der Waals surface area contributed by atoms with Crippen LogP contribution in [0.3, 0.4) is 0 Å². The predicted molar refractivity (Wildman–Crippen MR) is 117 cm³/mol. The molecule has 27 heavy (non-hydrogen) atoms. The van der Waals surface area contributed by atoms with Gasteiger partial charge in [0.05, 0.1) is 6.04 Å². The first-order valence-electron chi connectivity index (χ1n) is 9.20. The van der Waals surface area contributed by atoms with E-state index in [4.69, 9.17) is 4.74 Å². The monoisotopic (exact) mass is 428 g/mol. The summed E-state index contributed by atoms with van der Waals surface area (Å²) in [5.74, 6) is 0.801. The highest BCUT2D eigenvalue weighted by Crippen LogP contribution is 2.29. The summed E-state index contributed by atoms with van der Waals surface area (Å²) in [7, 11) is -1.09. The van der Waals surface area contributed by atoms with Crippen molar-refractivity contribution in [1.29, 1.82) is 0 Å². The molecular weight excluding hydrogens is 396 g/mol. The van der Waals surface area contributed by atoms with E-state index in [-0.39, 0.29) is 10.8 Å². The van der Waals surface area contributed by atoms with Crippen molar-refractivity contribution in [2.45, 2.75) is 70.9 Å². The van der Waals surface area contributed by atoms with Gasteiger partial charge in [-0.25, -0.2) is 0 Å². The number of hydrogen-bond donors (Lipinski definition) is 1. The number of ether oxygens (including phenoxy) is 1. The number of nitrogens with one attached hydrogen (secondary N) is 1. The Hall–Kier alpha value is -0.713. The molecular formula is C18H32N4O2S2Si. The van der Waals surface area contributed by atoms with E-state index in [1.807, 2.05) is 32.3 Å². The Morgan fingerprint density at radius 1 is 1.37 bits per heavy atom. The largest absolute Gasteiger partial charge is 0.598 e. The lowest BCUT2D eigenvalue weighted by atomic mass is 10.2. The predicted octanol–water partition coefficient (Wildman–Crippen LogP) is 4.43. The lowest BCUT2D eigenvalue weighted by molar-refractivity contribution is 0.0880. The molecule has 1 N–H and O–H groups in total. The Bertz CT molecular complexity index is 722. The minimum Gasteiger partial charge on any atom is -0.598 e. The second kappa shape index (κ2) is 9.19. The molecule has 0 aromatic carbocycles. The van der Waals surface area contributed by atoms with Gasteiger partial charge in [0.15, 0.2) is 5.82 Å². The van der Waals surface area contributed by atoms with Crippen molar-refractivity contribution >= 4 is 30.8 Å². The van der Waals surface area contributed by atoms with Crippen LogP contribution in [0.25, 0.3) is 11.4 Å². The van der Waals surface area contributed by atoms with Crippen LogP contribution in [0.1, 0.15) is 38.6 Å². The van der Waals surface area contributed by atoms with Crippen LogP contribution in [0.15, 0.2) is 17.8 Å². The standard InChI is InChI=1S/C18H32N4O2S2Si/c1-14(21-26(23)18(2,3)4)16-10-15(11-25-16)17-20-19-12-22(17)13-24-8-9-27(5,6)7/h10-12,14,21H,8-9,13H2,1-7H3/t14?,26-/m0/s1. The summed E-state index contributed by atoms with van der Waals surface area (Å²) in [6, 6.07) is 3.24. The molecule has 1 unspecified atom stereocenters. The summed E-state index contributed by atoms with van der Waals surface area (Å²) in [6.07, 6.45) is 1.71. The van der Waals surface area contributed by atoms with Gasteiger partial charge in [0.25, 0.3) is 0 Å². The second-order valence-electron chi connectivity index (χ2n) is 8.93. The van der Waals surface area contributed by atoms with Crippen LogP contribution in [-0.2, 0) is 22.8 Å². The fraction of sp³-hybridized carbons (Fsp3) is 0.667. The zero-order valence-electron chi connectivity index (χ0n) is 17.4. The van der Waals surface area contributed by atoms with Crippen LogP contribution in [0.5, 0.6) is 0 Å². The molecule has 2 atom stereocenters. The molecule has 2 aromatic rings. The molecule has 0 radical (unpaired) electrons. The van der Waals surface area contributed by atoms with E-state index in [9.17, 15) is 4.55 Å². The third kappa shape index (κ3) is 6.99. The molecule has 0 aliphatic carbocycles. The first-order valence-corrected chi connectivity index (χ1v) is 14.9. The molecule has 0 spiro atoms. The summed E-state index contributed by atoms with van der Waals surface area (Å²) in [5, 5.41) is 10.4. The summed E-state index contributed by atoms with van der Waals surface area (Å²) < 4.78 is 23.0. The Labute approximate surface area is 171 Å². The Morgan fingerprint density at radius 2 is 2.07 bits per heavy atom. The Balaban J connectivity index is 1.99. The Morgan fingerprint density at radius 3 is 2.70 bits per heavy atom. The van der Waals surface area contributed by atoms with Crippen LogP contribution in [0.2, 0.25) is 25.7 Å². The van der Waals surface area contributed by atoms with Gasteiger partial charge in [-0.3, -0.25) is 4.57 Å². The quantitative estimate of drug-likeness (QED) is 0.363. The number of aromatic nitrogens is 3. The summed E-state index contributed by atoms with van der Waals surface area (Å²) >= 11 is 0.530. The van der Waals surface area contributed by atoms with Gasteiger partial charge in [-0.15, -0.1) is 26.3 Å². The van der Waals surface area contributed by atoms with Gasteiger partial charge in [0.1, 0.15) is 17.8 Å². The van der Waals surface area contributed by atoms with Crippen molar-refractivity contribution < 1.29 is 9.29 Å². The molecule has 0 bridgehead atoms. The number of thiophene rings is 1. The second-order valence-corrected chi connectivity index (χ2v) is 17.5. The normalized spacial score (nSPS) is 15.1. The zero-order valence-corrected chi connectivity index (χ0v) is 20.0. The van der Waals surface area contributed by atoms with Crippen molar-refractivity contribution in [1.82, 2.24) is 19.5 Å². The molecule has 2 aromatic heterocycles. The van der Waals surface area contributed by atoms with Gasteiger partial charge in [0.2, 0.25) is 0 Å². The van der Waals surface area contributed by atoms with Crippen molar-refractivity contribution in [2.24, 2.45) is 0 Å². The molecule has 6 nitrogen and oxygen atoms in total. The van der Waals surface area contributed by atoms with E-state index in [1.165, 1.54) is 0 Å². The molecule has 0 amide bonds. The third-order valence-electron chi connectivity index (χ3n) is 3.99. The van der Waals surface area contributed by atoms with Crippen LogP contribution >= 0.6 is 11.3 Å². The minimum atomic E-state index is -1.11. The zero-order chi connectivity index (χ0) is 20.2. The lowest BCUT2D eigenvalue weighted by Gasteiger charge is -2.26. The SMILES string of the molecule is CC(N[S@@+]([O-])C(C)(C)C)c1cc(-c2nncn2COCC[Si](C)(C)C)cs1. The molecule has 0 aliphatic heterocycles. The van der Waals surface area contributed by atoms with Crippen molar-refractivity contribution in [3.8, 4) is 11.4 Å². The van der Waals surface area contributed by atoms with E-state index in [0.29, 0.717) is 6.73 Å². The van der Waals surface area contributed by atoms with Crippen LogP contribution in [0, 0.1) is 0 Å². The first kappa shape index (κ1) is 22.6. The molecule has 9 heteroatoms. The lowest BCUT2D eigenvalue weighted by Crippen LogP contribution is -2.40. The van der Waals surface area contributed by atoms with E-state index in [1.54, 1.807) is 17.7 Å². The van der Waals surface area contributed by atoms with Gasteiger partial charge >= 0.3 is 0 Å². The summed E-state index contributed by atoms with van der Waals surface area (Å²) in [6.45, 7) is 16.2. The van der Waals surface area contributed by atoms with Gasteiger partial charge < -0.3 is 9.29 Å². The minimum absolute atomic E-state index is 0.00757. The van der Waals surface area contributed by atoms with Gasteiger partial charge in [-0.05, 0) is 39.8 Å². The average Bonchev–Trinajstić information content (AvgIpc) is 3.18. The number of hydrogen-bond acceptors (Lipinski definition) is 6. The topological polar surface area (TPSA) is 75.0 Å². The van der Waals surface area contributed by atoms with Gasteiger partial charge in [-0.1, -0.05) is 19.6 Å². The molecule has 0 saturated heterocycles. The fourth-order valence-corrected chi connectivity index (χ4v) is 4.73. The molecule has 0 saturated carbocycles. The fourth-order valence-electron chi connectivity index (χ4n) is 2.21. The van der Waals surface area contributed by atoms with E-state index in [0.717, 1.165) is 28.9 Å².